The Balaban J connectivity index is 2.47. The van der Waals surface area contributed by atoms with Crippen LogP contribution in [0.2, 0.25) is 0 Å². The Morgan fingerprint density at radius 1 is 1.33 bits per heavy atom. The highest BCUT2D eigenvalue weighted by molar-refractivity contribution is 5.76. The molecule has 0 aromatic heterocycles. The van der Waals surface area contributed by atoms with Gasteiger partial charge in [0.1, 0.15) is 0 Å². The largest absolute Gasteiger partial charge is 0.350 e. The van der Waals surface area contributed by atoms with Crippen LogP contribution in [0.3, 0.4) is 0 Å². The lowest BCUT2D eigenvalue weighted by Gasteiger charge is -2.19. The Labute approximate surface area is 110 Å². The summed E-state index contributed by atoms with van der Waals surface area (Å²) in [6.07, 6.45) is 1.17. The first-order chi connectivity index (χ1) is 8.28. The van der Waals surface area contributed by atoms with Gasteiger partial charge in [-0.1, -0.05) is 29.8 Å². The number of carbonyl (C=O) groups is 1. The van der Waals surface area contributed by atoms with Crippen molar-refractivity contribution in [1.29, 1.82) is 0 Å². The van der Waals surface area contributed by atoms with Crippen molar-refractivity contribution in [2.75, 3.05) is 0 Å². The molecule has 0 saturated heterocycles. The molecule has 0 fully saturated rings. The van der Waals surface area contributed by atoms with Crippen LogP contribution in [0.5, 0.6) is 0 Å². The molecule has 1 aromatic rings. The molecule has 3 nitrogen and oxygen atoms in total. The van der Waals surface area contributed by atoms with Crippen molar-refractivity contribution in [2.45, 2.75) is 52.1 Å². The zero-order chi connectivity index (χ0) is 13.8. The first-order valence-electron chi connectivity index (χ1n) is 6.43. The van der Waals surface area contributed by atoms with E-state index in [2.05, 4.69) is 24.4 Å². The number of hydrogen-bond donors (Lipinski definition) is 2. The minimum absolute atomic E-state index is 0.0407. The van der Waals surface area contributed by atoms with E-state index >= 15 is 0 Å². The van der Waals surface area contributed by atoms with Gasteiger partial charge in [-0.3, -0.25) is 4.79 Å². The van der Waals surface area contributed by atoms with Crippen LogP contribution in [0, 0.1) is 6.92 Å². The Bertz CT molecular complexity index is 390. The lowest BCUT2D eigenvalue weighted by atomic mass is 9.99. The molecule has 0 spiro atoms. The monoisotopic (exact) mass is 248 g/mol. The van der Waals surface area contributed by atoms with Gasteiger partial charge in [0.15, 0.2) is 0 Å². The van der Waals surface area contributed by atoms with E-state index in [1.54, 1.807) is 0 Å². The molecule has 0 radical (unpaired) electrons. The summed E-state index contributed by atoms with van der Waals surface area (Å²) in [6.45, 7) is 7.92. The fraction of sp³-hybridized carbons (Fsp3) is 0.533. The first-order valence-corrected chi connectivity index (χ1v) is 6.43. The molecule has 1 rings (SSSR count). The van der Waals surface area contributed by atoms with Gasteiger partial charge in [0, 0.05) is 12.0 Å². The minimum atomic E-state index is -0.287. The maximum Gasteiger partial charge on any atom is 0.220 e. The predicted octanol–water partition coefficient (Wildman–Crippen LogP) is 2.69. The second kappa shape index (κ2) is 6.01. The van der Waals surface area contributed by atoms with E-state index in [0.717, 1.165) is 5.56 Å². The Hall–Kier alpha value is -1.35. The topological polar surface area (TPSA) is 55.1 Å². The molecule has 0 aliphatic heterocycles. The van der Waals surface area contributed by atoms with Crippen molar-refractivity contribution in [1.82, 2.24) is 5.32 Å². The third-order valence-electron chi connectivity index (χ3n) is 2.95. The summed E-state index contributed by atoms with van der Waals surface area (Å²) < 4.78 is 0. The molecule has 0 aliphatic rings. The number of rotatable bonds is 5. The molecule has 0 unspecified atom stereocenters. The average Bonchev–Trinajstić information content (AvgIpc) is 2.26. The fourth-order valence-electron chi connectivity index (χ4n) is 1.69. The fourth-order valence-corrected chi connectivity index (χ4v) is 1.69. The van der Waals surface area contributed by atoms with Crippen LogP contribution < -0.4 is 11.1 Å². The van der Waals surface area contributed by atoms with Crippen molar-refractivity contribution in [3.05, 3.63) is 35.4 Å². The number of hydrogen-bond acceptors (Lipinski definition) is 2. The number of nitrogens with one attached hydrogen (secondary N) is 1. The van der Waals surface area contributed by atoms with Crippen molar-refractivity contribution in [3.63, 3.8) is 0 Å². The predicted molar refractivity (Wildman–Crippen MR) is 75.2 cm³/mol. The van der Waals surface area contributed by atoms with Crippen molar-refractivity contribution in [2.24, 2.45) is 5.73 Å². The van der Waals surface area contributed by atoms with Gasteiger partial charge in [-0.2, -0.15) is 0 Å². The lowest BCUT2D eigenvalue weighted by molar-refractivity contribution is -0.122. The molecule has 0 aliphatic carbocycles. The maximum atomic E-state index is 11.8. The number of carbonyl (C=O) groups excluding carboxylic acids is 1. The lowest BCUT2D eigenvalue weighted by Crippen LogP contribution is -2.35. The number of benzene rings is 1. The highest BCUT2D eigenvalue weighted by Crippen LogP contribution is 2.14. The van der Waals surface area contributed by atoms with Crippen molar-refractivity contribution >= 4 is 5.91 Å². The van der Waals surface area contributed by atoms with Gasteiger partial charge in [-0.25, -0.2) is 0 Å². The highest BCUT2D eigenvalue weighted by atomic mass is 16.1. The SMILES string of the molecule is Cc1ccc([C@@H](C)NC(=O)CCC(C)(C)N)cc1. The summed E-state index contributed by atoms with van der Waals surface area (Å²) in [5.74, 6) is 0.0570. The van der Waals surface area contributed by atoms with Gasteiger partial charge in [0.05, 0.1) is 6.04 Å². The molecule has 1 aromatic carbocycles. The quantitative estimate of drug-likeness (QED) is 0.841. The van der Waals surface area contributed by atoms with E-state index in [1.807, 2.05) is 32.9 Å². The molecule has 18 heavy (non-hydrogen) atoms. The molecular weight excluding hydrogens is 224 g/mol. The molecule has 0 bridgehead atoms. The van der Waals surface area contributed by atoms with E-state index in [0.29, 0.717) is 12.8 Å². The van der Waals surface area contributed by atoms with Gasteiger partial charge >= 0.3 is 0 Å². The second-order valence-corrected chi connectivity index (χ2v) is 5.69. The van der Waals surface area contributed by atoms with Gasteiger partial charge in [0.2, 0.25) is 5.91 Å². The molecule has 1 amide bonds. The molecule has 0 heterocycles. The van der Waals surface area contributed by atoms with Crippen molar-refractivity contribution in [3.8, 4) is 0 Å². The number of amides is 1. The number of aryl methyl sites for hydroxylation is 1. The van der Waals surface area contributed by atoms with E-state index in [4.69, 9.17) is 5.73 Å². The summed E-state index contributed by atoms with van der Waals surface area (Å²) in [6, 6.07) is 8.25. The van der Waals surface area contributed by atoms with E-state index in [1.165, 1.54) is 5.56 Å². The Morgan fingerprint density at radius 2 is 1.89 bits per heavy atom. The first kappa shape index (κ1) is 14.7. The van der Waals surface area contributed by atoms with Crippen molar-refractivity contribution < 1.29 is 4.79 Å². The summed E-state index contributed by atoms with van der Waals surface area (Å²) >= 11 is 0. The van der Waals surface area contributed by atoms with Gasteiger partial charge < -0.3 is 11.1 Å². The molecule has 100 valence electrons. The van der Waals surface area contributed by atoms with Gasteiger partial charge in [-0.05, 0) is 39.7 Å². The zero-order valence-corrected chi connectivity index (χ0v) is 11.8. The van der Waals surface area contributed by atoms with Crippen LogP contribution in [0.1, 0.15) is 50.8 Å². The summed E-state index contributed by atoms with van der Waals surface area (Å²) in [5, 5.41) is 2.99. The van der Waals surface area contributed by atoms with Crippen LogP contribution in [0.25, 0.3) is 0 Å². The standard InChI is InChI=1S/C15H24N2O/c1-11-5-7-13(8-6-11)12(2)17-14(18)9-10-15(3,4)16/h5-8,12H,9-10,16H2,1-4H3,(H,17,18)/t12-/m1/s1. The molecule has 1 atom stereocenters. The van der Waals surface area contributed by atoms with Crippen LogP contribution in [-0.2, 0) is 4.79 Å². The molecular formula is C15H24N2O. The van der Waals surface area contributed by atoms with E-state index < -0.39 is 0 Å². The van der Waals surface area contributed by atoms with E-state index in [-0.39, 0.29) is 17.5 Å². The second-order valence-electron chi connectivity index (χ2n) is 5.69. The number of nitrogens with two attached hydrogens (primary N) is 1. The normalized spacial score (nSPS) is 13.2. The summed E-state index contributed by atoms with van der Waals surface area (Å²) in [4.78, 5) is 11.8. The third-order valence-corrected chi connectivity index (χ3v) is 2.95. The molecule has 3 heteroatoms. The maximum absolute atomic E-state index is 11.8. The van der Waals surface area contributed by atoms with Crippen LogP contribution >= 0.6 is 0 Å². The average molecular weight is 248 g/mol. The van der Waals surface area contributed by atoms with Crippen LogP contribution in [-0.4, -0.2) is 11.4 Å². The third kappa shape index (κ3) is 5.32. The van der Waals surface area contributed by atoms with Crippen LogP contribution in [0.4, 0.5) is 0 Å². The molecule has 3 N–H and O–H groups in total. The van der Waals surface area contributed by atoms with Gasteiger partial charge in [-0.15, -0.1) is 0 Å². The minimum Gasteiger partial charge on any atom is -0.350 e. The Kier molecular flexibility index (Phi) is 4.91. The zero-order valence-electron chi connectivity index (χ0n) is 11.8. The Morgan fingerprint density at radius 3 is 2.39 bits per heavy atom. The molecule has 0 saturated carbocycles. The van der Waals surface area contributed by atoms with Crippen LogP contribution in [0.15, 0.2) is 24.3 Å². The summed E-state index contributed by atoms with van der Waals surface area (Å²) in [7, 11) is 0. The van der Waals surface area contributed by atoms with Gasteiger partial charge in [0.25, 0.3) is 0 Å². The smallest absolute Gasteiger partial charge is 0.220 e. The summed E-state index contributed by atoms with van der Waals surface area (Å²) in [5.41, 5.74) is 7.93. The highest BCUT2D eigenvalue weighted by Gasteiger charge is 2.15. The van der Waals surface area contributed by atoms with E-state index in [9.17, 15) is 4.79 Å².